The van der Waals surface area contributed by atoms with Gasteiger partial charge in [-0.1, -0.05) is 38.8 Å². The maximum absolute atomic E-state index is 8.56. The molecule has 0 heterocycles. The van der Waals surface area contributed by atoms with Crippen LogP contribution in [0.2, 0.25) is 0 Å². The molecule has 0 aromatic rings. The smallest absolute Gasteiger partial charge is 0.0567 e. The predicted molar refractivity (Wildman–Crippen MR) is 42.8 cm³/mol. The molecule has 50 valence electrons. The fraction of sp³-hybridized carbons (Fsp3) is 1.00. The Morgan fingerprint density at radius 2 is 1.88 bits per heavy atom. The molecule has 1 nitrogen and oxygen atoms in total. The van der Waals surface area contributed by atoms with Crippen molar-refractivity contribution in [1.82, 2.24) is 0 Å². The van der Waals surface area contributed by atoms with Crippen LogP contribution in [0.15, 0.2) is 0 Å². The van der Waals surface area contributed by atoms with Crippen molar-refractivity contribution in [1.29, 1.82) is 0 Å². The molecule has 8 heavy (non-hydrogen) atoms. The molecular weight excluding hydrogens is 236 g/mol. The monoisotopic (exact) mass is 244 g/mol. The van der Waals surface area contributed by atoms with Crippen molar-refractivity contribution < 1.29 is 5.11 Å². The van der Waals surface area contributed by atoms with Crippen LogP contribution in [0.4, 0.5) is 0 Å². The van der Waals surface area contributed by atoms with Crippen LogP contribution in [0.3, 0.4) is 0 Å². The third-order valence-corrected chi connectivity index (χ3v) is 3.88. The Balaban J connectivity index is 3.29. The van der Waals surface area contributed by atoms with E-state index in [9.17, 15) is 0 Å². The highest BCUT2D eigenvalue weighted by Gasteiger charge is 2.10. The normalized spacial score (nSPS) is 18.0. The van der Waals surface area contributed by atoms with Gasteiger partial charge in [0, 0.05) is 4.83 Å². The maximum atomic E-state index is 8.56. The summed E-state index contributed by atoms with van der Waals surface area (Å²) in [5, 5.41) is 8.56. The largest absolute Gasteiger partial charge is 0.395 e. The van der Waals surface area contributed by atoms with Gasteiger partial charge in [-0.25, -0.2) is 0 Å². The Labute approximate surface area is 66.7 Å². The molecule has 0 amide bonds. The van der Waals surface area contributed by atoms with Gasteiger partial charge in [0.15, 0.2) is 0 Å². The molecule has 0 saturated heterocycles. The van der Waals surface area contributed by atoms with Crippen molar-refractivity contribution in [2.24, 2.45) is 0 Å². The first kappa shape index (κ1) is 8.92. The average molecular weight is 246 g/mol. The molecule has 1 N–H and O–H groups in total. The highest BCUT2D eigenvalue weighted by atomic mass is 79.9. The zero-order chi connectivity index (χ0) is 6.57. The quantitative estimate of drug-likeness (QED) is 0.754. The Kier molecular flexibility index (Phi) is 5.31. The van der Waals surface area contributed by atoms with Crippen LogP contribution < -0.4 is 0 Å². The van der Waals surface area contributed by atoms with Crippen molar-refractivity contribution >= 4 is 31.9 Å². The minimum atomic E-state index is 0.198. The first-order valence-corrected chi connectivity index (χ1v) is 4.44. The number of hydrogen-bond donors (Lipinski definition) is 1. The van der Waals surface area contributed by atoms with E-state index in [1.165, 1.54) is 0 Å². The van der Waals surface area contributed by atoms with Gasteiger partial charge in [-0.05, 0) is 6.42 Å². The average Bonchev–Trinajstić information content (AvgIpc) is 1.84. The predicted octanol–water partition coefficient (Wildman–Crippen LogP) is 1.92. The van der Waals surface area contributed by atoms with Crippen molar-refractivity contribution in [3.8, 4) is 0 Å². The van der Waals surface area contributed by atoms with Crippen LogP contribution in [-0.2, 0) is 0 Å². The minimum Gasteiger partial charge on any atom is -0.395 e. The molecule has 0 radical (unpaired) electrons. The first-order valence-electron chi connectivity index (χ1n) is 2.61. The fourth-order valence-electron chi connectivity index (χ4n) is 0.370. The van der Waals surface area contributed by atoms with Crippen LogP contribution in [0, 0.1) is 0 Å². The van der Waals surface area contributed by atoms with Crippen LogP contribution in [-0.4, -0.2) is 21.4 Å². The standard InChI is InChI=1S/C5H10Br2O/c1-2-4(6)5(7)3-8/h4-5,8H,2-3H2,1H3. The van der Waals surface area contributed by atoms with E-state index in [4.69, 9.17) is 5.11 Å². The fourth-order valence-corrected chi connectivity index (χ4v) is 0.911. The summed E-state index contributed by atoms with van der Waals surface area (Å²) in [5.74, 6) is 0. The molecule has 0 aromatic heterocycles. The lowest BCUT2D eigenvalue weighted by atomic mass is 10.3. The summed E-state index contributed by atoms with van der Waals surface area (Å²) in [6.45, 7) is 2.27. The number of rotatable bonds is 3. The van der Waals surface area contributed by atoms with E-state index < -0.39 is 0 Å². The van der Waals surface area contributed by atoms with Crippen molar-refractivity contribution in [2.75, 3.05) is 6.61 Å². The van der Waals surface area contributed by atoms with E-state index in [0.29, 0.717) is 4.83 Å². The molecule has 3 heteroatoms. The SMILES string of the molecule is CCC(Br)C(Br)CO. The molecule has 0 bridgehead atoms. The minimum absolute atomic E-state index is 0.198. The molecule has 0 saturated carbocycles. The molecule has 2 unspecified atom stereocenters. The Morgan fingerprint density at radius 1 is 1.38 bits per heavy atom. The summed E-state index contributed by atoms with van der Waals surface area (Å²) < 4.78 is 0. The third-order valence-electron chi connectivity index (χ3n) is 0.957. The van der Waals surface area contributed by atoms with Crippen LogP contribution in [0.5, 0.6) is 0 Å². The van der Waals surface area contributed by atoms with E-state index >= 15 is 0 Å². The van der Waals surface area contributed by atoms with Gasteiger partial charge in [-0.3, -0.25) is 0 Å². The summed E-state index contributed by atoms with van der Waals surface area (Å²) in [6.07, 6.45) is 1.04. The molecule has 0 aliphatic carbocycles. The lowest BCUT2D eigenvalue weighted by molar-refractivity contribution is 0.294. The molecule has 0 aliphatic heterocycles. The number of hydrogen-bond acceptors (Lipinski definition) is 1. The molecule has 0 fully saturated rings. The van der Waals surface area contributed by atoms with Crippen LogP contribution in [0.25, 0.3) is 0 Å². The van der Waals surface area contributed by atoms with Crippen molar-refractivity contribution in [2.45, 2.75) is 23.0 Å². The number of halogens is 2. The maximum Gasteiger partial charge on any atom is 0.0567 e. The second-order valence-electron chi connectivity index (χ2n) is 1.62. The lowest BCUT2D eigenvalue weighted by Gasteiger charge is -2.10. The second-order valence-corrected chi connectivity index (χ2v) is 3.98. The van der Waals surface area contributed by atoms with Crippen molar-refractivity contribution in [3.63, 3.8) is 0 Å². The van der Waals surface area contributed by atoms with E-state index in [1.807, 2.05) is 0 Å². The molecule has 0 aromatic carbocycles. The van der Waals surface area contributed by atoms with Gasteiger partial charge in [0.25, 0.3) is 0 Å². The second kappa shape index (κ2) is 4.77. The highest BCUT2D eigenvalue weighted by Crippen LogP contribution is 2.16. The Bertz CT molecular complexity index is 50.4. The zero-order valence-electron chi connectivity index (χ0n) is 4.77. The van der Waals surface area contributed by atoms with Gasteiger partial charge >= 0.3 is 0 Å². The van der Waals surface area contributed by atoms with Gasteiger partial charge in [0.05, 0.1) is 11.4 Å². The molecule has 0 rings (SSSR count). The summed E-state index contributed by atoms with van der Waals surface area (Å²) >= 11 is 6.70. The van der Waals surface area contributed by atoms with Gasteiger partial charge in [0.2, 0.25) is 0 Å². The summed E-state index contributed by atoms with van der Waals surface area (Å²) in [6, 6.07) is 0. The van der Waals surface area contributed by atoms with Gasteiger partial charge in [-0.15, -0.1) is 0 Å². The highest BCUT2D eigenvalue weighted by molar-refractivity contribution is 9.12. The van der Waals surface area contributed by atoms with E-state index in [1.54, 1.807) is 0 Å². The summed E-state index contributed by atoms with van der Waals surface area (Å²) in [5.41, 5.74) is 0. The molecular formula is C5H10Br2O. The van der Waals surface area contributed by atoms with Gasteiger partial charge < -0.3 is 5.11 Å². The molecule has 0 spiro atoms. The first-order chi connectivity index (χ1) is 3.72. The van der Waals surface area contributed by atoms with Crippen molar-refractivity contribution in [3.05, 3.63) is 0 Å². The topological polar surface area (TPSA) is 20.2 Å². The van der Waals surface area contributed by atoms with Gasteiger partial charge in [-0.2, -0.15) is 0 Å². The lowest BCUT2D eigenvalue weighted by Crippen LogP contribution is -2.16. The summed E-state index contributed by atoms with van der Waals surface area (Å²) in [7, 11) is 0. The van der Waals surface area contributed by atoms with Gasteiger partial charge in [0.1, 0.15) is 0 Å². The Morgan fingerprint density at radius 3 is 2.00 bits per heavy atom. The Hall–Kier alpha value is 0.920. The number of aliphatic hydroxyl groups is 1. The third kappa shape index (κ3) is 3.05. The number of aliphatic hydroxyl groups excluding tert-OH is 1. The van der Waals surface area contributed by atoms with E-state index in [-0.39, 0.29) is 11.4 Å². The number of alkyl halides is 2. The van der Waals surface area contributed by atoms with Crippen LogP contribution in [0.1, 0.15) is 13.3 Å². The van der Waals surface area contributed by atoms with E-state index in [0.717, 1.165) is 6.42 Å². The zero-order valence-corrected chi connectivity index (χ0v) is 7.94. The molecule has 0 aliphatic rings. The summed E-state index contributed by atoms with van der Waals surface area (Å²) in [4.78, 5) is 0.597. The molecule has 2 atom stereocenters. The van der Waals surface area contributed by atoms with E-state index in [2.05, 4.69) is 38.8 Å². The van der Waals surface area contributed by atoms with Crippen LogP contribution >= 0.6 is 31.9 Å².